The molecule has 0 aliphatic heterocycles. The summed E-state index contributed by atoms with van der Waals surface area (Å²) in [5, 5.41) is 13.4. The molecule has 100 valence electrons. The molecule has 0 saturated heterocycles. The summed E-state index contributed by atoms with van der Waals surface area (Å²) < 4.78 is 5.34. The first-order chi connectivity index (χ1) is 9.20. The van der Waals surface area contributed by atoms with Gasteiger partial charge in [-0.25, -0.2) is 0 Å². The topological polar surface area (TPSA) is 48.6 Å². The maximum Gasteiger partial charge on any atom is 0.169 e. The average Bonchev–Trinajstić information content (AvgIpc) is 2.92. The monoisotopic (exact) mass is 276 g/mol. The fourth-order valence-electron chi connectivity index (χ4n) is 1.80. The Labute approximate surface area is 117 Å². The van der Waals surface area contributed by atoms with Crippen molar-refractivity contribution in [1.82, 2.24) is 10.2 Å². The van der Waals surface area contributed by atoms with Gasteiger partial charge in [0, 0.05) is 19.2 Å². The van der Waals surface area contributed by atoms with Crippen LogP contribution in [-0.4, -0.2) is 22.2 Å². The van der Waals surface area contributed by atoms with Gasteiger partial charge < -0.3 is 19.7 Å². The Morgan fingerprint density at radius 2 is 2.05 bits per heavy atom. The standard InChI is InChI=1S/C14H16N2O2S/c1-15-14(19)16(10-12-6-4-8-18-12)9-11-5-2-3-7-13(11)17/h2-8,17H,9-10H2,1H3,(H,15,19). The minimum Gasteiger partial charge on any atom is -0.508 e. The molecule has 19 heavy (non-hydrogen) atoms. The quantitative estimate of drug-likeness (QED) is 0.840. The Hall–Kier alpha value is -2.01. The maximum absolute atomic E-state index is 9.83. The van der Waals surface area contributed by atoms with Crippen LogP contribution in [0.4, 0.5) is 0 Å². The molecule has 2 N–H and O–H groups in total. The highest BCUT2D eigenvalue weighted by Crippen LogP contribution is 2.19. The van der Waals surface area contributed by atoms with Gasteiger partial charge in [0.05, 0.1) is 12.8 Å². The van der Waals surface area contributed by atoms with Crippen molar-refractivity contribution in [3.63, 3.8) is 0 Å². The molecule has 2 rings (SSSR count). The number of nitrogens with one attached hydrogen (secondary N) is 1. The summed E-state index contributed by atoms with van der Waals surface area (Å²) in [6.07, 6.45) is 1.63. The van der Waals surface area contributed by atoms with Crippen LogP contribution in [0, 0.1) is 0 Å². The van der Waals surface area contributed by atoms with Crippen LogP contribution in [0.1, 0.15) is 11.3 Å². The highest BCUT2D eigenvalue weighted by molar-refractivity contribution is 7.80. The molecule has 0 spiro atoms. The lowest BCUT2D eigenvalue weighted by Crippen LogP contribution is -2.36. The zero-order valence-corrected chi connectivity index (χ0v) is 11.5. The molecule has 4 nitrogen and oxygen atoms in total. The molecule has 0 saturated carbocycles. The molecule has 0 amide bonds. The van der Waals surface area contributed by atoms with Crippen molar-refractivity contribution in [2.45, 2.75) is 13.1 Å². The van der Waals surface area contributed by atoms with Crippen molar-refractivity contribution in [2.75, 3.05) is 7.05 Å². The second-order valence-electron chi connectivity index (χ2n) is 4.12. The zero-order valence-electron chi connectivity index (χ0n) is 10.7. The molecule has 0 bridgehead atoms. The molecule has 0 unspecified atom stereocenters. The number of benzene rings is 1. The number of nitrogens with zero attached hydrogens (tertiary/aromatic N) is 1. The Balaban J connectivity index is 2.14. The van der Waals surface area contributed by atoms with Gasteiger partial charge in [0.25, 0.3) is 0 Å². The molecular weight excluding hydrogens is 260 g/mol. The summed E-state index contributed by atoms with van der Waals surface area (Å²) in [5.41, 5.74) is 0.826. The summed E-state index contributed by atoms with van der Waals surface area (Å²) in [6, 6.07) is 11.0. The van der Waals surface area contributed by atoms with Crippen LogP contribution >= 0.6 is 12.2 Å². The van der Waals surface area contributed by atoms with Crippen molar-refractivity contribution in [1.29, 1.82) is 0 Å². The van der Waals surface area contributed by atoms with E-state index in [4.69, 9.17) is 16.6 Å². The summed E-state index contributed by atoms with van der Waals surface area (Å²) in [7, 11) is 1.78. The molecule has 0 aliphatic rings. The number of thiocarbonyl (C=S) groups is 1. The molecule has 0 atom stereocenters. The van der Waals surface area contributed by atoms with Gasteiger partial charge in [-0.15, -0.1) is 0 Å². The first-order valence-electron chi connectivity index (χ1n) is 5.96. The maximum atomic E-state index is 9.83. The number of hydrogen-bond donors (Lipinski definition) is 2. The minimum atomic E-state index is 0.269. The van der Waals surface area contributed by atoms with E-state index >= 15 is 0 Å². The summed E-state index contributed by atoms with van der Waals surface area (Å²) in [4.78, 5) is 1.93. The van der Waals surface area contributed by atoms with Crippen LogP contribution in [0.25, 0.3) is 0 Å². The Bertz CT molecular complexity index is 540. The third-order valence-corrected chi connectivity index (χ3v) is 3.24. The number of rotatable bonds is 4. The molecular formula is C14H16N2O2S. The number of phenolic OH excluding ortho intramolecular Hbond substituents is 1. The Morgan fingerprint density at radius 1 is 1.26 bits per heavy atom. The predicted octanol–water partition coefficient (Wildman–Crippen LogP) is 2.49. The van der Waals surface area contributed by atoms with Crippen molar-refractivity contribution in [3.05, 3.63) is 54.0 Å². The number of aromatic hydroxyl groups is 1. The molecule has 1 heterocycles. The van der Waals surface area contributed by atoms with E-state index in [1.54, 1.807) is 25.4 Å². The van der Waals surface area contributed by atoms with Crippen LogP contribution in [0.5, 0.6) is 5.75 Å². The molecule has 2 aromatic rings. The van der Waals surface area contributed by atoms with Gasteiger partial charge in [-0.1, -0.05) is 18.2 Å². The van der Waals surface area contributed by atoms with Crippen LogP contribution in [0.2, 0.25) is 0 Å². The fourth-order valence-corrected chi connectivity index (χ4v) is 1.93. The third kappa shape index (κ3) is 3.48. The summed E-state index contributed by atoms with van der Waals surface area (Å²) >= 11 is 5.28. The lowest BCUT2D eigenvalue weighted by atomic mass is 10.2. The van der Waals surface area contributed by atoms with Gasteiger partial charge in [-0.2, -0.15) is 0 Å². The molecule has 1 aromatic heterocycles. The van der Waals surface area contributed by atoms with E-state index in [1.807, 2.05) is 29.2 Å². The van der Waals surface area contributed by atoms with Crippen LogP contribution in [0.15, 0.2) is 47.1 Å². The number of furan rings is 1. The number of para-hydroxylation sites is 1. The van der Waals surface area contributed by atoms with Crippen molar-refractivity contribution < 1.29 is 9.52 Å². The number of hydrogen-bond acceptors (Lipinski definition) is 3. The van der Waals surface area contributed by atoms with Crippen LogP contribution < -0.4 is 5.32 Å². The van der Waals surface area contributed by atoms with E-state index in [9.17, 15) is 5.11 Å². The molecule has 5 heteroatoms. The highest BCUT2D eigenvalue weighted by Gasteiger charge is 2.13. The molecule has 1 aromatic carbocycles. The molecule has 0 radical (unpaired) electrons. The fraction of sp³-hybridized carbons (Fsp3) is 0.214. The predicted molar refractivity (Wildman–Crippen MR) is 77.7 cm³/mol. The van der Waals surface area contributed by atoms with E-state index in [2.05, 4.69) is 5.32 Å². The van der Waals surface area contributed by atoms with Gasteiger partial charge in [0.15, 0.2) is 5.11 Å². The second kappa shape index (κ2) is 6.24. The van der Waals surface area contributed by atoms with Gasteiger partial charge in [-0.3, -0.25) is 0 Å². The van der Waals surface area contributed by atoms with E-state index in [1.165, 1.54) is 0 Å². The van der Waals surface area contributed by atoms with Crippen molar-refractivity contribution >= 4 is 17.3 Å². The lowest BCUT2D eigenvalue weighted by molar-refractivity contribution is 0.346. The SMILES string of the molecule is CNC(=S)N(Cc1ccco1)Cc1ccccc1O. The largest absolute Gasteiger partial charge is 0.508 e. The first kappa shape index (κ1) is 13.4. The number of phenols is 1. The van der Waals surface area contributed by atoms with E-state index in [0.717, 1.165) is 11.3 Å². The molecule has 0 aliphatic carbocycles. The smallest absolute Gasteiger partial charge is 0.169 e. The van der Waals surface area contributed by atoms with Crippen LogP contribution in [0.3, 0.4) is 0 Å². The first-order valence-corrected chi connectivity index (χ1v) is 6.37. The van der Waals surface area contributed by atoms with E-state index < -0.39 is 0 Å². The van der Waals surface area contributed by atoms with Crippen molar-refractivity contribution in [2.24, 2.45) is 0 Å². The second-order valence-corrected chi connectivity index (χ2v) is 4.51. The van der Waals surface area contributed by atoms with Gasteiger partial charge in [-0.05, 0) is 30.4 Å². The van der Waals surface area contributed by atoms with Crippen molar-refractivity contribution in [3.8, 4) is 5.75 Å². The zero-order chi connectivity index (χ0) is 13.7. The lowest BCUT2D eigenvalue weighted by Gasteiger charge is -2.24. The van der Waals surface area contributed by atoms with Crippen LogP contribution in [-0.2, 0) is 13.1 Å². The highest BCUT2D eigenvalue weighted by atomic mass is 32.1. The molecule has 0 fully saturated rings. The van der Waals surface area contributed by atoms with Gasteiger partial charge in [0.1, 0.15) is 11.5 Å². The van der Waals surface area contributed by atoms with Gasteiger partial charge >= 0.3 is 0 Å². The average molecular weight is 276 g/mol. The normalized spacial score (nSPS) is 10.2. The van der Waals surface area contributed by atoms with E-state index in [-0.39, 0.29) is 5.75 Å². The Kier molecular flexibility index (Phi) is 4.41. The summed E-state index contributed by atoms with van der Waals surface area (Å²) in [5.74, 6) is 1.10. The summed E-state index contributed by atoms with van der Waals surface area (Å²) in [6.45, 7) is 1.08. The third-order valence-electron chi connectivity index (χ3n) is 2.78. The van der Waals surface area contributed by atoms with Gasteiger partial charge in [0.2, 0.25) is 0 Å². The Morgan fingerprint density at radius 3 is 2.68 bits per heavy atom. The van der Waals surface area contributed by atoms with E-state index in [0.29, 0.717) is 18.2 Å². The minimum absolute atomic E-state index is 0.269.